The van der Waals surface area contributed by atoms with Gasteiger partial charge in [0, 0.05) is 64.0 Å². The van der Waals surface area contributed by atoms with Crippen LogP contribution in [0.3, 0.4) is 0 Å². The first-order valence-electron chi connectivity index (χ1n) is 10.2. The van der Waals surface area contributed by atoms with E-state index in [0.717, 1.165) is 67.9 Å². The van der Waals surface area contributed by atoms with Crippen molar-refractivity contribution in [2.24, 2.45) is 0 Å². The second-order valence-corrected chi connectivity index (χ2v) is 7.87. The molecule has 0 aliphatic carbocycles. The molecule has 4 rings (SSSR count). The molecular weight excluding hydrogens is 370 g/mol. The average molecular weight is 399 g/mol. The van der Waals surface area contributed by atoms with E-state index in [1.165, 1.54) is 0 Å². The SMILES string of the molecule is Cc1noc(C)c1CC(=O)N1CCN(c2cc(N3CCN(C)CC3)ncn2)CC1. The fraction of sp³-hybridized carbons (Fsp3) is 0.600. The lowest BCUT2D eigenvalue weighted by molar-refractivity contribution is -0.130. The number of carbonyl (C=O) groups excluding carboxylic acids is 1. The van der Waals surface area contributed by atoms with E-state index in [2.05, 4.69) is 42.9 Å². The molecule has 2 aliphatic heterocycles. The normalized spacial score (nSPS) is 18.4. The Labute approximate surface area is 171 Å². The lowest BCUT2D eigenvalue weighted by Gasteiger charge is -2.36. The van der Waals surface area contributed by atoms with Crippen molar-refractivity contribution in [3.63, 3.8) is 0 Å². The molecule has 0 bridgehead atoms. The van der Waals surface area contributed by atoms with Crippen molar-refractivity contribution in [1.29, 1.82) is 0 Å². The molecule has 2 saturated heterocycles. The van der Waals surface area contributed by atoms with Gasteiger partial charge in [-0.15, -0.1) is 0 Å². The smallest absolute Gasteiger partial charge is 0.227 e. The predicted octanol–water partition coefficient (Wildman–Crippen LogP) is 0.725. The Kier molecular flexibility index (Phi) is 5.66. The van der Waals surface area contributed by atoms with Crippen LogP contribution in [0.25, 0.3) is 0 Å². The van der Waals surface area contributed by atoms with E-state index in [9.17, 15) is 4.79 Å². The molecule has 0 spiro atoms. The molecule has 29 heavy (non-hydrogen) atoms. The molecule has 0 radical (unpaired) electrons. The number of piperazine rings is 2. The van der Waals surface area contributed by atoms with Gasteiger partial charge in [-0.3, -0.25) is 4.79 Å². The molecule has 0 unspecified atom stereocenters. The maximum atomic E-state index is 12.7. The van der Waals surface area contributed by atoms with E-state index in [1.807, 2.05) is 18.7 Å². The fourth-order valence-electron chi connectivity index (χ4n) is 3.92. The molecule has 0 atom stereocenters. The highest BCUT2D eigenvalue weighted by atomic mass is 16.5. The van der Waals surface area contributed by atoms with Gasteiger partial charge in [0.15, 0.2) is 0 Å². The van der Waals surface area contributed by atoms with Crippen molar-refractivity contribution in [3.8, 4) is 0 Å². The van der Waals surface area contributed by atoms with Gasteiger partial charge in [0.05, 0.1) is 12.1 Å². The van der Waals surface area contributed by atoms with Gasteiger partial charge in [-0.05, 0) is 20.9 Å². The van der Waals surface area contributed by atoms with Crippen molar-refractivity contribution in [2.75, 3.05) is 69.2 Å². The number of aryl methyl sites for hydroxylation is 2. The Hall–Kier alpha value is -2.68. The van der Waals surface area contributed by atoms with Crippen molar-refractivity contribution < 1.29 is 9.32 Å². The molecule has 2 aliphatic rings. The summed E-state index contributed by atoms with van der Waals surface area (Å²) in [6.45, 7) is 10.7. The summed E-state index contributed by atoms with van der Waals surface area (Å²) in [6.07, 6.45) is 2.00. The van der Waals surface area contributed by atoms with Crippen LogP contribution in [0.5, 0.6) is 0 Å². The number of carbonyl (C=O) groups is 1. The van der Waals surface area contributed by atoms with Crippen LogP contribution in [-0.4, -0.2) is 90.2 Å². The maximum absolute atomic E-state index is 12.7. The van der Waals surface area contributed by atoms with E-state index in [1.54, 1.807) is 6.33 Å². The summed E-state index contributed by atoms with van der Waals surface area (Å²) >= 11 is 0. The molecule has 0 N–H and O–H groups in total. The monoisotopic (exact) mass is 399 g/mol. The third-order valence-corrected chi connectivity index (χ3v) is 5.93. The minimum Gasteiger partial charge on any atom is -0.361 e. The molecule has 156 valence electrons. The largest absolute Gasteiger partial charge is 0.361 e. The molecule has 2 aromatic rings. The lowest BCUT2D eigenvalue weighted by Crippen LogP contribution is -2.49. The number of hydrogen-bond acceptors (Lipinski definition) is 8. The zero-order chi connectivity index (χ0) is 20.4. The van der Waals surface area contributed by atoms with E-state index >= 15 is 0 Å². The van der Waals surface area contributed by atoms with Crippen molar-refractivity contribution in [3.05, 3.63) is 29.4 Å². The first-order chi connectivity index (χ1) is 14.0. The van der Waals surface area contributed by atoms with E-state index in [4.69, 9.17) is 4.52 Å². The Bertz CT molecular complexity index is 833. The highest BCUT2D eigenvalue weighted by Gasteiger charge is 2.25. The summed E-state index contributed by atoms with van der Waals surface area (Å²) in [5.41, 5.74) is 1.71. The summed E-state index contributed by atoms with van der Waals surface area (Å²) in [6, 6.07) is 2.08. The molecular formula is C20H29N7O2. The Morgan fingerprint density at radius 1 is 0.966 bits per heavy atom. The van der Waals surface area contributed by atoms with Gasteiger partial charge < -0.3 is 24.1 Å². The summed E-state index contributed by atoms with van der Waals surface area (Å²) in [7, 11) is 2.15. The van der Waals surface area contributed by atoms with E-state index in [0.29, 0.717) is 19.5 Å². The summed E-state index contributed by atoms with van der Waals surface area (Å²) < 4.78 is 5.18. The van der Waals surface area contributed by atoms with Crippen LogP contribution in [-0.2, 0) is 11.2 Å². The van der Waals surface area contributed by atoms with Gasteiger partial charge in [0.1, 0.15) is 23.7 Å². The molecule has 4 heterocycles. The fourth-order valence-corrected chi connectivity index (χ4v) is 3.92. The molecule has 0 aromatic carbocycles. The highest BCUT2D eigenvalue weighted by Crippen LogP contribution is 2.21. The van der Waals surface area contributed by atoms with Crippen LogP contribution in [0.2, 0.25) is 0 Å². The summed E-state index contributed by atoms with van der Waals surface area (Å²) in [5.74, 6) is 2.78. The number of rotatable bonds is 4. The Morgan fingerprint density at radius 3 is 2.10 bits per heavy atom. The van der Waals surface area contributed by atoms with Crippen molar-refractivity contribution in [1.82, 2.24) is 24.9 Å². The average Bonchev–Trinajstić information content (AvgIpc) is 3.06. The van der Waals surface area contributed by atoms with Gasteiger partial charge in [-0.25, -0.2) is 9.97 Å². The zero-order valence-electron chi connectivity index (χ0n) is 17.5. The first-order valence-corrected chi connectivity index (χ1v) is 10.2. The van der Waals surface area contributed by atoms with Crippen LogP contribution in [0.15, 0.2) is 16.9 Å². The van der Waals surface area contributed by atoms with Crippen LogP contribution in [0.1, 0.15) is 17.0 Å². The standard InChI is InChI=1S/C20H29N7O2/c1-15-17(16(2)29-23-15)12-20(28)27-10-8-26(9-11-27)19-13-18(21-14-22-19)25-6-4-24(3)5-7-25/h13-14H,4-12H2,1-3H3. The molecule has 0 saturated carbocycles. The van der Waals surface area contributed by atoms with Crippen LogP contribution in [0.4, 0.5) is 11.6 Å². The van der Waals surface area contributed by atoms with Gasteiger partial charge in [0.2, 0.25) is 5.91 Å². The zero-order valence-corrected chi connectivity index (χ0v) is 17.5. The number of likely N-dealkylation sites (N-methyl/N-ethyl adjacent to an activating group) is 1. The second-order valence-electron chi connectivity index (χ2n) is 7.87. The third kappa shape index (κ3) is 4.34. The minimum absolute atomic E-state index is 0.125. The van der Waals surface area contributed by atoms with Gasteiger partial charge in [-0.1, -0.05) is 5.16 Å². The quantitative estimate of drug-likeness (QED) is 0.744. The number of nitrogens with zero attached hydrogens (tertiary/aromatic N) is 7. The minimum atomic E-state index is 0.125. The highest BCUT2D eigenvalue weighted by molar-refractivity contribution is 5.79. The van der Waals surface area contributed by atoms with E-state index in [-0.39, 0.29) is 5.91 Å². The predicted molar refractivity (Wildman–Crippen MR) is 110 cm³/mol. The van der Waals surface area contributed by atoms with Gasteiger partial charge >= 0.3 is 0 Å². The Morgan fingerprint density at radius 2 is 1.55 bits per heavy atom. The molecule has 9 heteroatoms. The molecule has 2 aromatic heterocycles. The number of amides is 1. The lowest BCUT2D eigenvalue weighted by atomic mass is 10.1. The van der Waals surface area contributed by atoms with Gasteiger partial charge in [-0.2, -0.15) is 0 Å². The second kappa shape index (κ2) is 8.36. The van der Waals surface area contributed by atoms with Gasteiger partial charge in [0.25, 0.3) is 0 Å². The molecule has 1 amide bonds. The Balaban J connectivity index is 1.35. The molecule has 9 nitrogen and oxygen atoms in total. The first kappa shape index (κ1) is 19.6. The van der Waals surface area contributed by atoms with Crippen LogP contribution < -0.4 is 9.80 Å². The summed E-state index contributed by atoms with van der Waals surface area (Å²) in [4.78, 5) is 30.5. The number of anilines is 2. The summed E-state index contributed by atoms with van der Waals surface area (Å²) in [5, 5.41) is 3.94. The third-order valence-electron chi connectivity index (χ3n) is 5.93. The van der Waals surface area contributed by atoms with Crippen LogP contribution >= 0.6 is 0 Å². The molecule has 2 fully saturated rings. The van der Waals surface area contributed by atoms with Crippen LogP contribution in [0, 0.1) is 13.8 Å². The van der Waals surface area contributed by atoms with Crippen molar-refractivity contribution >= 4 is 17.5 Å². The topological polar surface area (TPSA) is 81.8 Å². The number of hydrogen-bond donors (Lipinski definition) is 0. The van der Waals surface area contributed by atoms with E-state index < -0.39 is 0 Å². The maximum Gasteiger partial charge on any atom is 0.227 e. The number of aromatic nitrogens is 3. The van der Waals surface area contributed by atoms with Crippen molar-refractivity contribution in [2.45, 2.75) is 20.3 Å².